The summed E-state index contributed by atoms with van der Waals surface area (Å²) in [5, 5.41) is 2.33. The minimum atomic E-state index is -1.23. The molecule has 9 heteroatoms. The van der Waals surface area contributed by atoms with Crippen LogP contribution in [0.3, 0.4) is 0 Å². The molecule has 0 radical (unpaired) electrons. The smallest absolute Gasteiger partial charge is 0.408 e. The predicted molar refractivity (Wildman–Crippen MR) is 110 cm³/mol. The number of hydrogen-bond donors (Lipinski definition) is 1. The molecule has 0 aliphatic rings. The number of carbonyl (C=O) groups excluding carboxylic acids is 4. The summed E-state index contributed by atoms with van der Waals surface area (Å²) in [6.45, 7) is 12.0. The van der Waals surface area contributed by atoms with Gasteiger partial charge in [0.25, 0.3) is 0 Å². The van der Waals surface area contributed by atoms with Gasteiger partial charge < -0.3 is 24.3 Å². The summed E-state index contributed by atoms with van der Waals surface area (Å²) in [7, 11) is 0. The third-order valence-corrected chi connectivity index (χ3v) is 4.20. The Morgan fingerprint density at radius 3 is 2.17 bits per heavy atom. The first-order valence-electron chi connectivity index (χ1n) is 10.3. The van der Waals surface area contributed by atoms with Crippen LogP contribution in [0, 0.1) is 5.92 Å². The molecule has 0 fully saturated rings. The van der Waals surface area contributed by atoms with Crippen LogP contribution in [0.15, 0.2) is 12.2 Å². The second-order valence-corrected chi connectivity index (χ2v) is 7.02. The summed E-state index contributed by atoms with van der Waals surface area (Å²) < 4.78 is 19.9. The first kappa shape index (κ1) is 27.4. The van der Waals surface area contributed by atoms with Crippen molar-refractivity contribution >= 4 is 24.0 Å². The Labute approximate surface area is 178 Å². The second kappa shape index (κ2) is 15.3. The molecule has 30 heavy (non-hydrogen) atoms. The van der Waals surface area contributed by atoms with Gasteiger partial charge in [0.1, 0.15) is 6.61 Å². The molecule has 0 spiro atoms. The summed E-state index contributed by atoms with van der Waals surface area (Å²) in [6, 6.07) is 0. The minimum absolute atomic E-state index is 0.00102. The van der Waals surface area contributed by atoms with Gasteiger partial charge in [0, 0.05) is 5.57 Å². The van der Waals surface area contributed by atoms with E-state index in [1.807, 2.05) is 6.92 Å². The number of nitrogens with one attached hydrogen (secondary N) is 1. The number of carbonyl (C=O) groups is 4. The van der Waals surface area contributed by atoms with Gasteiger partial charge in [-0.2, -0.15) is 0 Å². The molecular weight excluding hydrogens is 394 g/mol. The molecule has 3 atom stereocenters. The van der Waals surface area contributed by atoms with Gasteiger partial charge >= 0.3 is 24.0 Å². The van der Waals surface area contributed by atoms with Gasteiger partial charge in [-0.25, -0.2) is 19.2 Å². The quantitative estimate of drug-likeness (QED) is 0.194. The van der Waals surface area contributed by atoms with E-state index >= 15 is 0 Å². The maximum Gasteiger partial charge on any atom is 0.408 e. The van der Waals surface area contributed by atoms with Gasteiger partial charge in [-0.1, -0.05) is 39.7 Å². The Morgan fingerprint density at radius 1 is 0.967 bits per heavy atom. The second-order valence-electron chi connectivity index (χ2n) is 7.02. The Balaban J connectivity index is 4.22. The maximum atomic E-state index is 12.0. The van der Waals surface area contributed by atoms with Crippen LogP contribution in [-0.4, -0.2) is 56.0 Å². The molecule has 0 bridgehead atoms. The lowest BCUT2D eigenvalue weighted by Gasteiger charge is -2.19. The molecule has 1 amide bonds. The molecular formula is C21H35NO8. The normalized spacial score (nSPS) is 13.4. The van der Waals surface area contributed by atoms with Crippen LogP contribution >= 0.6 is 0 Å². The van der Waals surface area contributed by atoms with Crippen molar-refractivity contribution in [3.8, 4) is 0 Å². The SMILES string of the molecule is C=C(C)C(=O)OCCNC(=O)OC(C)C(=O)OC(C)C(=O)OCC(CC)CCCC. The summed E-state index contributed by atoms with van der Waals surface area (Å²) in [5.41, 5.74) is 0.243. The zero-order chi connectivity index (χ0) is 23.1. The van der Waals surface area contributed by atoms with Gasteiger partial charge in [0.05, 0.1) is 13.2 Å². The van der Waals surface area contributed by atoms with E-state index in [1.54, 1.807) is 0 Å². The summed E-state index contributed by atoms with van der Waals surface area (Å²) >= 11 is 0. The van der Waals surface area contributed by atoms with E-state index < -0.39 is 36.2 Å². The molecule has 0 aromatic carbocycles. The molecule has 172 valence electrons. The zero-order valence-electron chi connectivity index (χ0n) is 18.7. The molecule has 3 unspecified atom stereocenters. The Morgan fingerprint density at radius 2 is 1.60 bits per heavy atom. The van der Waals surface area contributed by atoms with Crippen molar-refractivity contribution in [3.63, 3.8) is 0 Å². The maximum absolute atomic E-state index is 12.0. The van der Waals surface area contributed by atoms with Crippen LogP contribution in [0.25, 0.3) is 0 Å². The highest BCUT2D eigenvalue weighted by Gasteiger charge is 2.26. The van der Waals surface area contributed by atoms with Crippen LogP contribution in [-0.2, 0) is 33.3 Å². The van der Waals surface area contributed by atoms with E-state index in [-0.39, 0.29) is 31.2 Å². The van der Waals surface area contributed by atoms with Crippen LogP contribution in [0.2, 0.25) is 0 Å². The summed E-state index contributed by atoms with van der Waals surface area (Å²) in [5.74, 6) is -1.81. The van der Waals surface area contributed by atoms with Crippen LogP contribution in [0.1, 0.15) is 60.3 Å². The monoisotopic (exact) mass is 429 g/mol. The molecule has 0 aliphatic carbocycles. The number of alkyl carbamates (subject to hydrolysis) is 1. The molecule has 9 nitrogen and oxygen atoms in total. The lowest BCUT2D eigenvalue weighted by Crippen LogP contribution is -2.37. The number of esters is 3. The zero-order valence-corrected chi connectivity index (χ0v) is 18.7. The number of unbranched alkanes of at least 4 members (excludes halogenated alkanes) is 1. The number of ether oxygens (including phenoxy) is 4. The van der Waals surface area contributed by atoms with Crippen LogP contribution < -0.4 is 5.32 Å². The van der Waals surface area contributed by atoms with Crippen LogP contribution in [0.5, 0.6) is 0 Å². The molecule has 0 saturated heterocycles. The average Bonchev–Trinajstić information content (AvgIpc) is 2.70. The fourth-order valence-corrected chi connectivity index (χ4v) is 2.20. The molecule has 0 saturated carbocycles. The van der Waals surface area contributed by atoms with E-state index in [0.717, 1.165) is 25.7 Å². The van der Waals surface area contributed by atoms with Crippen LogP contribution in [0.4, 0.5) is 4.79 Å². The largest absolute Gasteiger partial charge is 0.463 e. The van der Waals surface area contributed by atoms with E-state index in [4.69, 9.17) is 18.9 Å². The van der Waals surface area contributed by atoms with Gasteiger partial charge in [0.15, 0.2) is 12.2 Å². The van der Waals surface area contributed by atoms with Gasteiger partial charge in [0.2, 0.25) is 0 Å². The third-order valence-electron chi connectivity index (χ3n) is 4.20. The standard InChI is InChI=1S/C21H35NO8/c1-7-9-10-17(8-2)13-28-19(24)15(5)29-20(25)16(6)30-21(26)22-11-12-27-18(23)14(3)4/h15-17H,3,7-13H2,1-2,4-6H3,(H,22,26). The molecule has 0 aliphatic heterocycles. The summed E-state index contributed by atoms with van der Waals surface area (Å²) in [4.78, 5) is 46.9. The van der Waals surface area contributed by atoms with Crippen molar-refractivity contribution in [1.29, 1.82) is 0 Å². The van der Waals surface area contributed by atoms with Gasteiger partial charge in [-0.3, -0.25) is 0 Å². The Hall–Kier alpha value is -2.58. The molecule has 0 rings (SSSR count). The topological polar surface area (TPSA) is 117 Å². The van der Waals surface area contributed by atoms with Crippen molar-refractivity contribution in [2.24, 2.45) is 5.92 Å². The van der Waals surface area contributed by atoms with E-state index in [0.29, 0.717) is 0 Å². The fraction of sp³-hybridized carbons (Fsp3) is 0.714. The van der Waals surface area contributed by atoms with Gasteiger partial charge in [-0.15, -0.1) is 0 Å². The third kappa shape index (κ3) is 12.1. The van der Waals surface area contributed by atoms with E-state index in [9.17, 15) is 19.2 Å². The average molecular weight is 430 g/mol. The van der Waals surface area contributed by atoms with Gasteiger partial charge in [-0.05, 0) is 33.1 Å². The first-order chi connectivity index (χ1) is 14.1. The Kier molecular flexibility index (Phi) is 14.0. The van der Waals surface area contributed by atoms with E-state index in [2.05, 4.69) is 18.8 Å². The number of amides is 1. The highest BCUT2D eigenvalue weighted by Crippen LogP contribution is 2.13. The number of rotatable bonds is 14. The molecule has 1 N–H and O–H groups in total. The lowest BCUT2D eigenvalue weighted by atomic mass is 10.0. The van der Waals surface area contributed by atoms with E-state index in [1.165, 1.54) is 20.8 Å². The number of hydrogen-bond acceptors (Lipinski definition) is 8. The first-order valence-corrected chi connectivity index (χ1v) is 10.3. The predicted octanol–water partition coefficient (Wildman–Crippen LogP) is 2.91. The summed E-state index contributed by atoms with van der Waals surface area (Å²) in [6.07, 6.45) is 0.775. The van der Waals surface area contributed by atoms with Crippen molar-refractivity contribution in [1.82, 2.24) is 5.32 Å². The highest BCUT2D eigenvalue weighted by molar-refractivity contribution is 5.87. The van der Waals surface area contributed by atoms with Crippen molar-refractivity contribution in [3.05, 3.63) is 12.2 Å². The minimum Gasteiger partial charge on any atom is -0.463 e. The van der Waals surface area contributed by atoms with Crippen molar-refractivity contribution in [2.75, 3.05) is 19.8 Å². The molecule has 0 aromatic heterocycles. The Bertz CT molecular complexity index is 590. The highest BCUT2D eigenvalue weighted by atomic mass is 16.6. The van der Waals surface area contributed by atoms with Crippen molar-refractivity contribution < 1.29 is 38.1 Å². The lowest BCUT2D eigenvalue weighted by molar-refractivity contribution is -0.172. The fourth-order valence-electron chi connectivity index (χ4n) is 2.20. The molecule has 0 aromatic rings. The molecule has 0 heterocycles. The van der Waals surface area contributed by atoms with Crippen molar-refractivity contribution in [2.45, 2.75) is 72.5 Å².